The molecule has 0 aliphatic heterocycles. The quantitative estimate of drug-likeness (QED) is 0.0332. The van der Waals surface area contributed by atoms with Crippen molar-refractivity contribution in [2.24, 2.45) is 0 Å². The van der Waals surface area contributed by atoms with Crippen LogP contribution in [0.3, 0.4) is 0 Å². The summed E-state index contributed by atoms with van der Waals surface area (Å²) in [5.41, 5.74) is 7.56. The van der Waals surface area contributed by atoms with Crippen LogP contribution in [0.15, 0.2) is 121 Å². The molecule has 1 aliphatic rings. The van der Waals surface area contributed by atoms with Gasteiger partial charge in [-0.15, -0.1) is 0 Å². The molecule has 20 heteroatoms. The highest BCUT2D eigenvalue weighted by Crippen LogP contribution is 2.46. The highest BCUT2D eigenvalue weighted by molar-refractivity contribution is 5.87. The van der Waals surface area contributed by atoms with E-state index in [1.54, 1.807) is 43.9 Å². The van der Waals surface area contributed by atoms with Gasteiger partial charge in [-0.1, -0.05) is 24.3 Å². The summed E-state index contributed by atoms with van der Waals surface area (Å²) in [6.45, 7) is 16.0. The molecule has 4 N–H and O–H groups in total. The molecule has 0 saturated carbocycles. The van der Waals surface area contributed by atoms with Crippen LogP contribution in [-0.4, -0.2) is 168 Å². The first-order chi connectivity index (χ1) is 48.3. The minimum Gasteiger partial charge on any atom is -0.507 e. The molecular formula is C80H84N4O16. The first-order valence-electron chi connectivity index (χ1n) is 33.7. The molecular weight excluding hydrogens is 1270 g/mol. The van der Waals surface area contributed by atoms with Gasteiger partial charge in [0.05, 0.1) is 22.3 Å². The Hall–Kier alpha value is -11.3. The number of phenolic OH excluding ortho intramolecular Hbond substituents is 4. The lowest BCUT2D eigenvalue weighted by molar-refractivity contribution is -0.133. The Morgan fingerprint density at radius 3 is 0.600 bits per heavy atom. The van der Waals surface area contributed by atoms with E-state index in [4.69, 9.17) is 18.9 Å². The molecule has 100 heavy (non-hydrogen) atoms. The summed E-state index contributed by atoms with van der Waals surface area (Å²) in [6.07, 6.45) is 1.73. The third-order valence-electron chi connectivity index (χ3n) is 18.3. The van der Waals surface area contributed by atoms with Gasteiger partial charge in [-0.2, -0.15) is 0 Å². The van der Waals surface area contributed by atoms with Gasteiger partial charge in [-0.3, -0.25) is 38.4 Å². The van der Waals surface area contributed by atoms with Crippen LogP contribution in [0.4, 0.5) is 0 Å². The Bertz CT molecular complexity index is 3760. The highest BCUT2D eigenvalue weighted by Gasteiger charge is 2.29. The maximum Gasteiger partial charge on any atom is 0.260 e. The topological polar surface area (TPSA) is 267 Å². The molecule has 0 unspecified atom stereocenters. The Kier molecular flexibility index (Phi) is 24.3. The molecule has 8 bridgehead atoms. The molecule has 0 aromatic heterocycles. The SMILES string of the molecule is CCN(CC)C(=O)COc1c2cc(-c3ccc(C=O)c(O)c3)cc1Cc1cc(-c3ccc(C=O)c(O)c3)cc(c1OCC(=O)N(CC)CC)Cc1cc(-c3ccc(C=O)c(O)c3)cc(c1OCC(=O)N(CC)CC)Cc1cc(-c3ccc(C=O)c(O)c3)cc(c1OCC(=O)N(CC)CC)C2. The van der Waals surface area contributed by atoms with Crippen molar-refractivity contribution in [1.82, 2.24) is 19.6 Å². The predicted molar refractivity (Wildman–Crippen MR) is 381 cm³/mol. The maximum absolute atomic E-state index is 14.4. The van der Waals surface area contributed by atoms with Gasteiger partial charge in [0.2, 0.25) is 0 Å². The van der Waals surface area contributed by atoms with Crippen molar-refractivity contribution in [2.45, 2.75) is 81.1 Å². The lowest BCUT2D eigenvalue weighted by Gasteiger charge is -2.26. The second kappa shape index (κ2) is 33.3. The van der Waals surface area contributed by atoms with Gasteiger partial charge >= 0.3 is 0 Å². The van der Waals surface area contributed by atoms with Crippen LogP contribution in [0.5, 0.6) is 46.0 Å². The van der Waals surface area contributed by atoms with E-state index < -0.39 is 26.4 Å². The zero-order valence-electron chi connectivity index (χ0n) is 57.6. The number of aromatic hydroxyl groups is 4. The number of phenols is 4. The van der Waals surface area contributed by atoms with Gasteiger partial charge in [0, 0.05) is 78.0 Å². The van der Waals surface area contributed by atoms with Crippen LogP contribution in [0, 0.1) is 0 Å². The predicted octanol–water partition coefficient (Wildman–Crippen LogP) is 12.1. The van der Waals surface area contributed by atoms with Gasteiger partial charge in [-0.05, 0) is 241 Å². The summed E-state index contributed by atoms with van der Waals surface area (Å²) in [6, 6.07) is 33.2. The zero-order chi connectivity index (χ0) is 71.9. The number of carbonyl (C=O) groups is 8. The summed E-state index contributed by atoms with van der Waals surface area (Å²) in [5.74, 6) is -1.64. The molecule has 0 saturated heterocycles. The van der Waals surface area contributed by atoms with Crippen molar-refractivity contribution >= 4 is 48.8 Å². The van der Waals surface area contributed by atoms with Crippen LogP contribution in [0.1, 0.15) is 141 Å². The van der Waals surface area contributed by atoms with Crippen molar-refractivity contribution < 1.29 is 77.7 Å². The van der Waals surface area contributed by atoms with E-state index in [-0.39, 0.29) is 118 Å². The maximum atomic E-state index is 14.4. The molecule has 520 valence electrons. The Morgan fingerprint density at radius 1 is 0.290 bits per heavy atom. The molecule has 0 fully saturated rings. The summed E-state index contributed by atoms with van der Waals surface area (Å²) in [5, 5.41) is 45.6. The molecule has 8 aromatic rings. The highest BCUT2D eigenvalue weighted by atomic mass is 16.5. The third-order valence-corrected chi connectivity index (χ3v) is 18.3. The average Bonchev–Trinajstić information content (AvgIpc) is 0.763. The molecule has 0 atom stereocenters. The number of nitrogens with zero attached hydrogens (tertiary/aromatic N) is 4. The molecule has 20 nitrogen and oxygen atoms in total. The molecule has 1 aliphatic carbocycles. The first-order valence-corrected chi connectivity index (χ1v) is 33.7. The van der Waals surface area contributed by atoms with Crippen molar-refractivity contribution in [3.63, 3.8) is 0 Å². The number of ether oxygens (including phenoxy) is 4. The Balaban J connectivity index is 1.50. The fourth-order valence-electron chi connectivity index (χ4n) is 12.8. The number of hydrogen-bond acceptors (Lipinski definition) is 16. The summed E-state index contributed by atoms with van der Waals surface area (Å²) < 4.78 is 27.9. The minimum absolute atomic E-state index is 0.0330. The number of aldehydes is 4. The fraction of sp³-hybridized carbons (Fsp3) is 0.300. The second-order valence-corrected chi connectivity index (χ2v) is 24.2. The van der Waals surface area contributed by atoms with E-state index >= 15 is 0 Å². The number of rotatable bonds is 28. The van der Waals surface area contributed by atoms with E-state index in [0.29, 0.717) is 167 Å². The monoisotopic (exact) mass is 1360 g/mol. The van der Waals surface area contributed by atoms with E-state index in [1.165, 1.54) is 48.5 Å². The van der Waals surface area contributed by atoms with Crippen LogP contribution < -0.4 is 18.9 Å². The van der Waals surface area contributed by atoms with E-state index in [1.807, 2.05) is 104 Å². The number of hydrogen-bond donors (Lipinski definition) is 4. The number of carbonyl (C=O) groups excluding carboxylic acids is 8. The van der Waals surface area contributed by atoms with Crippen LogP contribution in [0.2, 0.25) is 0 Å². The van der Waals surface area contributed by atoms with Crippen LogP contribution >= 0.6 is 0 Å². The Labute approximate surface area is 581 Å². The number of amides is 4. The summed E-state index contributed by atoms with van der Waals surface area (Å²) in [7, 11) is 0. The lowest BCUT2D eigenvalue weighted by atomic mass is 9.86. The van der Waals surface area contributed by atoms with Crippen molar-refractivity contribution in [1.29, 1.82) is 0 Å². The van der Waals surface area contributed by atoms with Crippen molar-refractivity contribution in [2.75, 3.05) is 78.8 Å². The van der Waals surface area contributed by atoms with Crippen molar-refractivity contribution in [3.05, 3.63) is 188 Å². The number of benzene rings is 8. The largest absolute Gasteiger partial charge is 0.507 e. The molecule has 4 amide bonds. The van der Waals surface area contributed by atoms with E-state index in [2.05, 4.69) is 0 Å². The molecule has 0 radical (unpaired) electrons. The number of likely N-dealkylation sites (N-methyl/N-ethyl adjacent to an activating group) is 4. The van der Waals surface area contributed by atoms with E-state index in [9.17, 15) is 58.8 Å². The zero-order valence-corrected chi connectivity index (χ0v) is 57.6. The fourth-order valence-corrected chi connectivity index (χ4v) is 12.8. The molecule has 8 aromatic carbocycles. The molecule has 0 heterocycles. The molecule has 0 spiro atoms. The van der Waals surface area contributed by atoms with Gasteiger partial charge in [0.1, 0.15) is 46.0 Å². The lowest BCUT2D eigenvalue weighted by Crippen LogP contribution is -2.35. The standard InChI is InChI=1S/C80H84N4O16/c1-9-81(10-2)73(93)45-97-77-61-25-57(49-17-21-53(41-85)69(89)37-49)26-62(77)34-64-28-59(51-19-23-55(43-87)71(91)39-51)30-66(79(64)99-47-75(95)83(13-5)14-6)36-68-32-60(52-20-24-56(44-88)72(92)40-52)31-67(80(68)100-48-76(96)84(15-7)16-8)35-65-29-58(50-18-22-54(42-86)70(90)38-50)27-63(33-61)78(65)98-46-74(94)82(11-3)12-4/h17-32,37-44,89-92H,9-16,33-36,45-48H2,1-8H3. The minimum atomic E-state index is -0.452. The van der Waals surface area contributed by atoms with Gasteiger partial charge in [0.15, 0.2) is 51.6 Å². The van der Waals surface area contributed by atoms with Gasteiger partial charge in [-0.25, -0.2) is 0 Å². The summed E-state index contributed by atoms with van der Waals surface area (Å²) in [4.78, 5) is 113. The van der Waals surface area contributed by atoms with Gasteiger partial charge < -0.3 is 59.0 Å². The normalized spacial score (nSPS) is 11.6. The average molecular weight is 1360 g/mol. The Morgan fingerprint density at radius 2 is 0.460 bits per heavy atom. The summed E-state index contributed by atoms with van der Waals surface area (Å²) >= 11 is 0. The third kappa shape index (κ3) is 16.5. The van der Waals surface area contributed by atoms with E-state index in [0.717, 1.165) is 0 Å². The second-order valence-electron chi connectivity index (χ2n) is 24.2. The van der Waals surface area contributed by atoms with Crippen molar-refractivity contribution in [3.8, 4) is 90.5 Å². The molecule has 9 rings (SSSR count). The number of fused-ring (bicyclic) bond motifs is 8. The van der Waals surface area contributed by atoms with Crippen LogP contribution in [-0.2, 0) is 44.9 Å². The smallest absolute Gasteiger partial charge is 0.260 e. The van der Waals surface area contributed by atoms with Crippen LogP contribution in [0.25, 0.3) is 44.5 Å². The van der Waals surface area contributed by atoms with Gasteiger partial charge in [0.25, 0.3) is 23.6 Å². The first kappa shape index (κ1) is 73.0.